The first-order valence-electron chi connectivity index (χ1n) is 15.7. The molecule has 0 spiro atoms. The lowest BCUT2D eigenvalue weighted by molar-refractivity contribution is 1.01. The van der Waals surface area contributed by atoms with Gasteiger partial charge in [-0.2, -0.15) is 0 Å². The molecule has 6 rings (SSSR count). The summed E-state index contributed by atoms with van der Waals surface area (Å²) in [5, 5.41) is 2.58. The second kappa shape index (κ2) is 18.1. The van der Waals surface area contributed by atoms with E-state index in [0.29, 0.717) is 0 Å². The molecule has 6 aromatic rings. The molecule has 0 bridgehead atoms. The van der Waals surface area contributed by atoms with Crippen LogP contribution in [0.4, 0.5) is 0 Å². The number of rotatable bonds is 4. The van der Waals surface area contributed by atoms with Crippen LogP contribution in [0.1, 0.15) is 77.6 Å². The second-order valence-electron chi connectivity index (χ2n) is 8.66. The number of hydrogen-bond acceptors (Lipinski definition) is 0. The number of fused-ring (bicyclic) bond motifs is 3. The molecule has 0 fully saturated rings. The molecule has 0 aliphatic carbocycles. The van der Waals surface area contributed by atoms with E-state index in [1.807, 2.05) is 55.4 Å². The summed E-state index contributed by atoms with van der Waals surface area (Å²) < 4.78 is 2.31. The van der Waals surface area contributed by atoms with Crippen molar-refractivity contribution in [3.63, 3.8) is 0 Å². The van der Waals surface area contributed by atoms with Crippen LogP contribution in [0.15, 0.2) is 133 Å². The van der Waals surface area contributed by atoms with E-state index in [4.69, 9.17) is 0 Å². The highest BCUT2D eigenvalue weighted by atomic mass is 14.9. The van der Waals surface area contributed by atoms with Crippen LogP contribution in [0.25, 0.3) is 33.0 Å². The van der Waals surface area contributed by atoms with Crippen molar-refractivity contribution in [3.05, 3.63) is 156 Å². The summed E-state index contributed by atoms with van der Waals surface area (Å²) in [6.45, 7) is 16.0. The fourth-order valence-electron chi connectivity index (χ4n) is 5.04. The molecule has 0 unspecified atom stereocenters. The highest BCUT2D eigenvalue weighted by Crippen LogP contribution is 2.38. The Hall–Kier alpha value is -4.36. The maximum Gasteiger partial charge on any atom is 0.0494 e. The molecule has 0 aliphatic rings. The molecule has 1 nitrogen and oxygen atoms in total. The lowest BCUT2D eigenvalue weighted by atomic mass is 9.85. The van der Waals surface area contributed by atoms with Crippen LogP contribution in [-0.4, -0.2) is 4.57 Å². The van der Waals surface area contributed by atoms with Crippen molar-refractivity contribution >= 4 is 33.0 Å². The zero-order valence-electron chi connectivity index (χ0n) is 27.1. The van der Waals surface area contributed by atoms with Crippen LogP contribution in [-0.2, 0) is 7.05 Å². The van der Waals surface area contributed by atoms with Gasteiger partial charge in [-0.1, -0.05) is 177 Å². The van der Waals surface area contributed by atoms with E-state index in [0.717, 1.165) is 0 Å². The maximum absolute atomic E-state index is 2.35. The van der Waals surface area contributed by atoms with Gasteiger partial charge in [-0.15, -0.1) is 0 Å². The van der Waals surface area contributed by atoms with Crippen molar-refractivity contribution in [2.75, 3.05) is 0 Å². The Morgan fingerprint density at radius 2 is 0.714 bits per heavy atom. The predicted molar refractivity (Wildman–Crippen MR) is 190 cm³/mol. The van der Waals surface area contributed by atoms with Gasteiger partial charge in [0.25, 0.3) is 0 Å². The topological polar surface area (TPSA) is 4.93 Å². The van der Waals surface area contributed by atoms with Gasteiger partial charge in [0.1, 0.15) is 0 Å². The molecule has 42 heavy (non-hydrogen) atoms. The molecule has 0 aliphatic heterocycles. The number of hydrogen-bond donors (Lipinski definition) is 0. The molecule has 0 N–H and O–H groups in total. The third-order valence-electron chi connectivity index (χ3n) is 6.64. The monoisotopic (exact) mass is 555 g/mol. The quantitative estimate of drug-likeness (QED) is 0.191. The van der Waals surface area contributed by atoms with E-state index < -0.39 is 0 Å². The highest BCUT2D eigenvalue weighted by molar-refractivity contribution is 6.11. The molecular weight excluding hydrogens is 506 g/mol. The Bertz CT molecular complexity index is 1580. The Labute approximate surface area is 255 Å². The molecule has 0 atom stereocenters. The van der Waals surface area contributed by atoms with E-state index >= 15 is 0 Å². The number of nitrogens with zero attached hydrogens (tertiary/aromatic N) is 1. The molecule has 0 saturated heterocycles. The summed E-state index contributed by atoms with van der Waals surface area (Å²) in [5.41, 5.74) is 9.83. The van der Waals surface area contributed by atoms with Crippen LogP contribution in [0, 0.1) is 0 Å². The first-order valence-corrected chi connectivity index (χ1v) is 15.7. The maximum atomic E-state index is 2.35. The van der Waals surface area contributed by atoms with Crippen molar-refractivity contribution < 1.29 is 0 Å². The lowest BCUT2D eigenvalue weighted by Gasteiger charge is -2.18. The molecule has 0 saturated carbocycles. The number of aromatic nitrogens is 1. The molecule has 1 heteroatoms. The SMILES string of the molecule is CC.CC.CC.CC.Cn1c2ccccc2c2ccc(C(=C(c3ccccc3)c3ccccc3)c3ccccc3)cc21. The van der Waals surface area contributed by atoms with Crippen LogP contribution >= 0.6 is 0 Å². The van der Waals surface area contributed by atoms with E-state index in [2.05, 4.69) is 145 Å². The molecule has 0 amide bonds. The van der Waals surface area contributed by atoms with Gasteiger partial charge in [-0.3, -0.25) is 0 Å². The zero-order valence-corrected chi connectivity index (χ0v) is 27.1. The van der Waals surface area contributed by atoms with Crippen molar-refractivity contribution in [2.24, 2.45) is 7.05 Å². The molecule has 1 heterocycles. The largest absolute Gasteiger partial charge is 0.344 e. The average molecular weight is 556 g/mol. The third-order valence-corrected chi connectivity index (χ3v) is 6.64. The van der Waals surface area contributed by atoms with E-state index in [1.165, 1.54) is 55.2 Å². The molecule has 5 aromatic carbocycles. The van der Waals surface area contributed by atoms with E-state index in [9.17, 15) is 0 Å². The Kier molecular flexibility index (Phi) is 14.6. The van der Waals surface area contributed by atoms with Gasteiger partial charge < -0.3 is 4.57 Å². The summed E-state index contributed by atoms with van der Waals surface area (Å²) >= 11 is 0. The van der Waals surface area contributed by atoms with Gasteiger partial charge >= 0.3 is 0 Å². The molecule has 218 valence electrons. The number of benzene rings is 5. The van der Waals surface area contributed by atoms with Gasteiger partial charge in [0.2, 0.25) is 0 Å². The fraction of sp³-hybridized carbons (Fsp3) is 0.220. The van der Waals surface area contributed by atoms with Crippen LogP contribution in [0.2, 0.25) is 0 Å². The average Bonchev–Trinajstić information content (AvgIpc) is 3.39. The number of para-hydroxylation sites is 1. The van der Waals surface area contributed by atoms with Gasteiger partial charge in [-0.25, -0.2) is 0 Å². The molecule has 0 radical (unpaired) electrons. The lowest BCUT2D eigenvalue weighted by Crippen LogP contribution is -1.98. The van der Waals surface area contributed by atoms with Gasteiger partial charge in [-0.05, 0) is 45.5 Å². The number of aryl methyl sites for hydroxylation is 1. The smallest absolute Gasteiger partial charge is 0.0494 e. The van der Waals surface area contributed by atoms with Gasteiger partial charge in [0.05, 0.1) is 0 Å². The van der Waals surface area contributed by atoms with Crippen LogP contribution < -0.4 is 0 Å². The van der Waals surface area contributed by atoms with Crippen LogP contribution in [0.3, 0.4) is 0 Å². The summed E-state index contributed by atoms with van der Waals surface area (Å²) in [6, 6.07) is 47.8. The predicted octanol–water partition coefficient (Wildman–Crippen LogP) is 12.4. The Morgan fingerprint density at radius 1 is 0.357 bits per heavy atom. The van der Waals surface area contributed by atoms with Crippen molar-refractivity contribution in [3.8, 4) is 0 Å². The minimum absolute atomic E-state index is 1.21. The molecule has 1 aromatic heterocycles. The van der Waals surface area contributed by atoms with Crippen molar-refractivity contribution in [1.29, 1.82) is 0 Å². The third kappa shape index (κ3) is 7.47. The first-order chi connectivity index (χ1) is 20.8. The normalized spacial score (nSPS) is 9.55. The summed E-state index contributed by atoms with van der Waals surface area (Å²) in [5.74, 6) is 0. The van der Waals surface area contributed by atoms with E-state index in [-0.39, 0.29) is 0 Å². The summed E-state index contributed by atoms with van der Waals surface area (Å²) in [7, 11) is 2.16. The second-order valence-corrected chi connectivity index (χ2v) is 8.66. The van der Waals surface area contributed by atoms with Crippen molar-refractivity contribution in [1.82, 2.24) is 4.57 Å². The first kappa shape index (κ1) is 33.8. The van der Waals surface area contributed by atoms with Gasteiger partial charge in [0.15, 0.2) is 0 Å². The molecular formula is C41H49N. The summed E-state index contributed by atoms with van der Waals surface area (Å²) in [6.07, 6.45) is 0. The Balaban J connectivity index is 0.000000713. The van der Waals surface area contributed by atoms with Crippen molar-refractivity contribution in [2.45, 2.75) is 55.4 Å². The highest BCUT2D eigenvalue weighted by Gasteiger charge is 2.17. The Morgan fingerprint density at radius 3 is 1.17 bits per heavy atom. The minimum atomic E-state index is 1.21. The van der Waals surface area contributed by atoms with Gasteiger partial charge in [0, 0.05) is 28.9 Å². The zero-order chi connectivity index (χ0) is 30.9. The fourth-order valence-corrected chi connectivity index (χ4v) is 5.04. The minimum Gasteiger partial charge on any atom is -0.344 e. The standard InChI is InChI=1S/C33H25N.4C2H6/c1-34-30-20-12-11-19-28(30)29-22-21-27(23-31(29)34)33(26-17-9-4-10-18-26)32(24-13-5-2-6-14-24)25-15-7-3-8-16-25;4*1-2/h2-23H,1H3;4*1-2H3. The van der Waals surface area contributed by atoms with E-state index in [1.54, 1.807) is 0 Å². The summed E-state index contributed by atoms with van der Waals surface area (Å²) in [4.78, 5) is 0. The van der Waals surface area contributed by atoms with Crippen LogP contribution in [0.5, 0.6) is 0 Å².